The van der Waals surface area contributed by atoms with Gasteiger partial charge in [0.05, 0.1) is 0 Å². The first kappa shape index (κ1) is 20.1. The van der Waals surface area contributed by atoms with Crippen molar-refractivity contribution in [3.05, 3.63) is 106 Å². The van der Waals surface area contributed by atoms with Crippen molar-refractivity contribution >= 4 is 37.7 Å². The number of halogens is 1. The summed E-state index contributed by atoms with van der Waals surface area (Å²) < 4.78 is 3.55. The zero-order valence-corrected chi connectivity index (χ0v) is 19.4. The van der Waals surface area contributed by atoms with Crippen molar-refractivity contribution in [2.24, 2.45) is 0 Å². The van der Waals surface area contributed by atoms with Gasteiger partial charge in [0.1, 0.15) is 0 Å². The van der Waals surface area contributed by atoms with Crippen molar-refractivity contribution in [2.45, 2.75) is 38.6 Å². The maximum atomic E-state index is 3.67. The van der Waals surface area contributed by atoms with Crippen molar-refractivity contribution < 1.29 is 0 Å². The molecule has 0 spiro atoms. The van der Waals surface area contributed by atoms with Crippen LogP contribution in [0.5, 0.6) is 0 Å². The molecule has 156 valence electrons. The Hall–Kier alpha value is -2.78. The topological polar surface area (TPSA) is 20.7 Å². The van der Waals surface area contributed by atoms with Crippen molar-refractivity contribution in [1.82, 2.24) is 9.55 Å². The van der Waals surface area contributed by atoms with Crippen LogP contribution in [0.4, 0.5) is 0 Å². The zero-order valence-electron chi connectivity index (χ0n) is 17.8. The van der Waals surface area contributed by atoms with Gasteiger partial charge >= 0.3 is 0 Å². The standard InChI is InChI=1S/C28H27BrN2/c1-2-3-11-22(25-17-30-27-15-14-21(29)16-24(25)27)26-19-31(18-20-9-5-4-6-10-20)28-13-8-7-12-23(26)28/h4-10,12-17,19,22,30H,2-3,11,18H2,1H3. The molecule has 3 aromatic carbocycles. The number of hydrogen-bond donors (Lipinski definition) is 1. The lowest BCUT2D eigenvalue weighted by Gasteiger charge is -2.16. The van der Waals surface area contributed by atoms with Gasteiger partial charge in [0.15, 0.2) is 0 Å². The summed E-state index contributed by atoms with van der Waals surface area (Å²) >= 11 is 3.67. The van der Waals surface area contributed by atoms with Crippen molar-refractivity contribution in [3.63, 3.8) is 0 Å². The van der Waals surface area contributed by atoms with Gasteiger partial charge < -0.3 is 9.55 Å². The number of unbranched alkanes of at least 4 members (excludes halogenated alkanes) is 1. The number of nitrogens with zero attached hydrogens (tertiary/aromatic N) is 1. The Kier molecular flexibility index (Phi) is 5.69. The predicted octanol–water partition coefficient (Wildman–Crippen LogP) is 8.26. The number of hydrogen-bond acceptors (Lipinski definition) is 0. The van der Waals surface area contributed by atoms with E-state index in [-0.39, 0.29) is 0 Å². The molecule has 0 aliphatic rings. The van der Waals surface area contributed by atoms with Gasteiger partial charge in [-0.15, -0.1) is 0 Å². The molecular formula is C28H27BrN2. The summed E-state index contributed by atoms with van der Waals surface area (Å²) in [6, 6.07) is 26.1. The number of aromatic nitrogens is 2. The number of aromatic amines is 1. The van der Waals surface area contributed by atoms with Gasteiger partial charge in [0.2, 0.25) is 0 Å². The van der Waals surface area contributed by atoms with E-state index in [9.17, 15) is 0 Å². The molecular weight excluding hydrogens is 444 g/mol. The minimum absolute atomic E-state index is 0.366. The predicted molar refractivity (Wildman–Crippen MR) is 135 cm³/mol. The van der Waals surface area contributed by atoms with Crippen LogP contribution in [0.25, 0.3) is 21.8 Å². The molecule has 1 N–H and O–H groups in total. The third kappa shape index (κ3) is 3.95. The largest absolute Gasteiger partial charge is 0.361 e. The van der Waals surface area contributed by atoms with Gasteiger partial charge in [-0.3, -0.25) is 0 Å². The van der Waals surface area contributed by atoms with Crippen LogP contribution in [0.1, 0.15) is 48.8 Å². The molecule has 0 fully saturated rings. The lowest BCUT2D eigenvalue weighted by molar-refractivity contribution is 0.653. The Morgan fingerprint density at radius 1 is 0.903 bits per heavy atom. The van der Waals surface area contributed by atoms with Crippen LogP contribution < -0.4 is 0 Å². The van der Waals surface area contributed by atoms with E-state index in [0.717, 1.165) is 17.4 Å². The van der Waals surface area contributed by atoms with E-state index in [0.29, 0.717) is 5.92 Å². The number of H-pyrrole nitrogens is 1. The lowest BCUT2D eigenvalue weighted by atomic mass is 9.86. The van der Waals surface area contributed by atoms with Gasteiger partial charge in [-0.25, -0.2) is 0 Å². The summed E-state index contributed by atoms with van der Waals surface area (Å²) in [6.45, 7) is 3.17. The van der Waals surface area contributed by atoms with E-state index in [4.69, 9.17) is 0 Å². The Balaban J connectivity index is 1.66. The van der Waals surface area contributed by atoms with Crippen LogP contribution in [0.3, 0.4) is 0 Å². The number of nitrogens with one attached hydrogen (secondary N) is 1. The number of para-hydroxylation sites is 1. The summed E-state index contributed by atoms with van der Waals surface area (Å²) in [5.74, 6) is 0.366. The molecule has 31 heavy (non-hydrogen) atoms. The molecule has 0 amide bonds. The van der Waals surface area contributed by atoms with Gasteiger partial charge in [-0.1, -0.05) is 84.2 Å². The van der Waals surface area contributed by atoms with Crippen LogP contribution in [0, 0.1) is 0 Å². The molecule has 2 aromatic heterocycles. The van der Waals surface area contributed by atoms with Crippen molar-refractivity contribution in [3.8, 4) is 0 Å². The summed E-state index contributed by atoms with van der Waals surface area (Å²) in [5.41, 5.74) is 6.67. The maximum absolute atomic E-state index is 3.67. The normalized spacial score (nSPS) is 12.6. The van der Waals surface area contributed by atoms with Crippen molar-refractivity contribution in [2.75, 3.05) is 0 Å². The third-order valence-electron chi connectivity index (χ3n) is 6.29. The average molecular weight is 471 g/mol. The Labute approximate surface area is 192 Å². The monoisotopic (exact) mass is 470 g/mol. The SMILES string of the molecule is CCCCC(c1c[nH]c2ccc(Br)cc12)c1cn(Cc2ccccc2)c2ccccc12. The highest BCUT2D eigenvalue weighted by Crippen LogP contribution is 2.39. The summed E-state index contributed by atoms with van der Waals surface area (Å²) in [4.78, 5) is 3.51. The molecule has 1 unspecified atom stereocenters. The molecule has 0 bridgehead atoms. The van der Waals surface area contributed by atoms with Crippen LogP contribution in [0.15, 0.2) is 89.7 Å². The van der Waals surface area contributed by atoms with E-state index in [2.05, 4.69) is 118 Å². The van der Waals surface area contributed by atoms with E-state index >= 15 is 0 Å². The first-order valence-electron chi connectivity index (χ1n) is 11.1. The number of fused-ring (bicyclic) bond motifs is 2. The van der Waals surface area contributed by atoms with Gasteiger partial charge in [-0.2, -0.15) is 0 Å². The zero-order chi connectivity index (χ0) is 21.2. The quantitative estimate of drug-likeness (QED) is 0.247. The Bertz CT molecular complexity index is 1310. The molecule has 0 aliphatic heterocycles. The molecule has 2 heterocycles. The Morgan fingerprint density at radius 2 is 1.71 bits per heavy atom. The summed E-state index contributed by atoms with van der Waals surface area (Å²) in [5, 5.41) is 2.68. The van der Waals surface area contributed by atoms with E-state index in [1.807, 2.05) is 0 Å². The average Bonchev–Trinajstić information content (AvgIpc) is 3.37. The van der Waals surface area contributed by atoms with Gasteiger partial charge in [0.25, 0.3) is 0 Å². The minimum atomic E-state index is 0.366. The fourth-order valence-electron chi connectivity index (χ4n) is 4.75. The molecule has 0 saturated carbocycles. The van der Waals surface area contributed by atoms with Crippen LogP contribution in [-0.2, 0) is 6.54 Å². The molecule has 5 rings (SSSR count). The summed E-state index contributed by atoms with van der Waals surface area (Å²) in [7, 11) is 0. The summed E-state index contributed by atoms with van der Waals surface area (Å²) in [6.07, 6.45) is 8.18. The lowest BCUT2D eigenvalue weighted by Crippen LogP contribution is -2.01. The molecule has 0 radical (unpaired) electrons. The second kappa shape index (κ2) is 8.76. The molecule has 0 aliphatic carbocycles. The highest BCUT2D eigenvalue weighted by molar-refractivity contribution is 9.10. The molecule has 2 nitrogen and oxygen atoms in total. The van der Waals surface area contributed by atoms with E-state index in [1.165, 1.54) is 51.3 Å². The minimum Gasteiger partial charge on any atom is -0.361 e. The highest BCUT2D eigenvalue weighted by Gasteiger charge is 2.22. The van der Waals surface area contributed by atoms with Crippen LogP contribution >= 0.6 is 15.9 Å². The third-order valence-corrected chi connectivity index (χ3v) is 6.78. The molecule has 1 atom stereocenters. The molecule has 3 heteroatoms. The molecule has 0 saturated heterocycles. The van der Waals surface area contributed by atoms with Gasteiger partial charge in [-0.05, 0) is 47.4 Å². The smallest absolute Gasteiger partial charge is 0.0486 e. The van der Waals surface area contributed by atoms with Crippen LogP contribution in [0.2, 0.25) is 0 Å². The maximum Gasteiger partial charge on any atom is 0.0486 e. The van der Waals surface area contributed by atoms with Crippen LogP contribution in [-0.4, -0.2) is 9.55 Å². The van der Waals surface area contributed by atoms with Gasteiger partial charge in [0, 0.05) is 51.1 Å². The second-order valence-corrected chi connectivity index (χ2v) is 9.26. The van der Waals surface area contributed by atoms with E-state index in [1.54, 1.807) is 0 Å². The Morgan fingerprint density at radius 3 is 2.55 bits per heavy atom. The number of rotatable bonds is 7. The highest BCUT2D eigenvalue weighted by atomic mass is 79.9. The first-order chi connectivity index (χ1) is 15.2. The fourth-order valence-corrected chi connectivity index (χ4v) is 5.11. The number of benzene rings is 3. The second-order valence-electron chi connectivity index (χ2n) is 8.34. The van der Waals surface area contributed by atoms with E-state index < -0.39 is 0 Å². The van der Waals surface area contributed by atoms with Crippen molar-refractivity contribution in [1.29, 1.82) is 0 Å². The fraction of sp³-hybridized carbons (Fsp3) is 0.214. The molecule has 5 aromatic rings. The first-order valence-corrected chi connectivity index (χ1v) is 11.9.